The number of carboxylic acids is 1. The van der Waals surface area contributed by atoms with Crippen molar-refractivity contribution < 1.29 is 9.90 Å². The van der Waals surface area contributed by atoms with Crippen LogP contribution in [0.5, 0.6) is 0 Å². The topological polar surface area (TPSA) is 75.3 Å². The Hall–Kier alpha value is -1.97. The first-order chi connectivity index (χ1) is 12.8. The van der Waals surface area contributed by atoms with Crippen molar-refractivity contribution in [3.05, 3.63) is 46.8 Å². The van der Waals surface area contributed by atoms with Gasteiger partial charge in [0.15, 0.2) is 0 Å². The van der Waals surface area contributed by atoms with E-state index in [0.29, 0.717) is 6.42 Å². The molecule has 0 radical (unpaired) electrons. The van der Waals surface area contributed by atoms with E-state index in [4.69, 9.17) is 5.73 Å². The molecule has 27 heavy (non-hydrogen) atoms. The zero-order valence-corrected chi connectivity index (χ0v) is 17.2. The monoisotopic (exact) mass is 372 g/mol. The van der Waals surface area contributed by atoms with Crippen LogP contribution in [0.2, 0.25) is 0 Å². The third-order valence-corrected chi connectivity index (χ3v) is 5.81. The van der Waals surface area contributed by atoms with Gasteiger partial charge in [-0.15, -0.1) is 0 Å². The van der Waals surface area contributed by atoms with Gasteiger partial charge in [-0.1, -0.05) is 43.9 Å². The summed E-state index contributed by atoms with van der Waals surface area (Å²) in [5, 5.41) is 13.0. The number of aliphatic carboxylic acids is 1. The molecule has 0 bridgehead atoms. The molecule has 0 amide bonds. The number of carboxylic acid groups (broad SMARTS) is 1. The Morgan fingerprint density at radius 1 is 1.26 bits per heavy atom. The number of nitrogens with two attached hydrogens (primary N) is 1. The molecule has 4 heteroatoms. The summed E-state index contributed by atoms with van der Waals surface area (Å²) in [5.41, 5.74) is 9.66. The SMILES string of the molecule is Cc1ccc(CC(C)(C)C(=O)O)cc1C/C(=C/N)NCC1CCCCCC1. The van der Waals surface area contributed by atoms with Crippen molar-refractivity contribution in [1.82, 2.24) is 5.32 Å². The van der Waals surface area contributed by atoms with Crippen LogP contribution in [0.15, 0.2) is 30.1 Å². The maximum Gasteiger partial charge on any atom is 0.309 e. The average molecular weight is 373 g/mol. The number of benzene rings is 1. The molecule has 4 N–H and O–H groups in total. The quantitative estimate of drug-likeness (QED) is 0.585. The lowest BCUT2D eigenvalue weighted by atomic mass is 9.85. The van der Waals surface area contributed by atoms with Crippen molar-refractivity contribution >= 4 is 5.97 Å². The van der Waals surface area contributed by atoms with Gasteiger partial charge in [0, 0.05) is 24.9 Å². The van der Waals surface area contributed by atoms with Crippen LogP contribution in [0.4, 0.5) is 0 Å². The highest BCUT2D eigenvalue weighted by molar-refractivity contribution is 5.74. The fourth-order valence-electron chi connectivity index (χ4n) is 3.84. The molecular weight excluding hydrogens is 336 g/mol. The van der Waals surface area contributed by atoms with Crippen LogP contribution >= 0.6 is 0 Å². The van der Waals surface area contributed by atoms with Crippen molar-refractivity contribution in [2.75, 3.05) is 6.54 Å². The lowest BCUT2D eigenvalue weighted by Crippen LogP contribution is -2.26. The van der Waals surface area contributed by atoms with E-state index in [-0.39, 0.29) is 0 Å². The molecule has 1 aromatic carbocycles. The van der Waals surface area contributed by atoms with Gasteiger partial charge in [-0.25, -0.2) is 0 Å². The van der Waals surface area contributed by atoms with Gasteiger partial charge >= 0.3 is 5.97 Å². The molecule has 0 spiro atoms. The number of hydrogen-bond acceptors (Lipinski definition) is 3. The minimum Gasteiger partial charge on any atom is -0.481 e. The highest BCUT2D eigenvalue weighted by Gasteiger charge is 2.27. The second-order valence-corrected chi connectivity index (χ2v) is 8.73. The van der Waals surface area contributed by atoms with Crippen molar-refractivity contribution in [2.24, 2.45) is 17.1 Å². The molecule has 0 aliphatic heterocycles. The molecule has 1 aromatic rings. The van der Waals surface area contributed by atoms with E-state index >= 15 is 0 Å². The van der Waals surface area contributed by atoms with E-state index in [1.165, 1.54) is 49.7 Å². The fourth-order valence-corrected chi connectivity index (χ4v) is 3.84. The Balaban J connectivity index is 2.01. The number of carbonyl (C=O) groups is 1. The van der Waals surface area contributed by atoms with Gasteiger partial charge in [0.05, 0.1) is 5.41 Å². The van der Waals surface area contributed by atoms with Crippen LogP contribution in [0, 0.1) is 18.3 Å². The Bertz CT molecular complexity index is 656. The summed E-state index contributed by atoms with van der Waals surface area (Å²) in [5.74, 6) is -0.0246. The number of nitrogens with one attached hydrogen (secondary N) is 1. The molecule has 0 heterocycles. The summed E-state index contributed by atoms with van der Waals surface area (Å²) in [4.78, 5) is 11.4. The maximum atomic E-state index is 11.4. The fraction of sp³-hybridized carbons (Fsp3) is 0.609. The van der Waals surface area contributed by atoms with Crippen molar-refractivity contribution in [3.63, 3.8) is 0 Å². The molecule has 0 saturated heterocycles. The zero-order valence-electron chi connectivity index (χ0n) is 17.2. The number of allylic oxidation sites excluding steroid dienone is 1. The first-order valence-electron chi connectivity index (χ1n) is 10.3. The second kappa shape index (κ2) is 9.82. The van der Waals surface area contributed by atoms with E-state index in [2.05, 4.69) is 24.4 Å². The summed E-state index contributed by atoms with van der Waals surface area (Å²) in [6, 6.07) is 6.26. The molecule has 0 aromatic heterocycles. The predicted octanol–water partition coefficient (Wildman–Crippen LogP) is 4.55. The van der Waals surface area contributed by atoms with Crippen molar-refractivity contribution in [3.8, 4) is 0 Å². The van der Waals surface area contributed by atoms with Gasteiger partial charge in [0.25, 0.3) is 0 Å². The Morgan fingerprint density at radius 2 is 1.93 bits per heavy atom. The molecule has 0 unspecified atom stereocenters. The predicted molar refractivity (Wildman–Crippen MR) is 111 cm³/mol. The van der Waals surface area contributed by atoms with Gasteiger partial charge in [0.1, 0.15) is 0 Å². The number of aryl methyl sites for hydroxylation is 1. The standard InChI is InChI=1S/C23H36N2O2/c1-17-10-11-19(14-23(2,3)22(26)27)12-20(17)13-21(15-24)25-16-18-8-6-4-5-7-9-18/h10-12,15,18,25H,4-9,13-14,16,24H2,1-3H3,(H,26,27)/b21-15-. The molecule has 4 nitrogen and oxygen atoms in total. The molecule has 1 aliphatic rings. The number of rotatable bonds is 8. The molecular formula is C23H36N2O2. The third kappa shape index (κ3) is 6.60. The normalized spacial score (nSPS) is 16.8. The van der Waals surface area contributed by atoms with Gasteiger partial charge in [0.2, 0.25) is 0 Å². The third-order valence-electron chi connectivity index (χ3n) is 5.81. The molecule has 1 aliphatic carbocycles. The van der Waals surface area contributed by atoms with Crippen LogP contribution in [-0.4, -0.2) is 17.6 Å². The summed E-state index contributed by atoms with van der Waals surface area (Å²) < 4.78 is 0. The van der Waals surface area contributed by atoms with Gasteiger partial charge in [-0.3, -0.25) is 4.79 Å². The summed E-state index contributed by atoms with van der Waals surface area (Å²) >= 11 is 0. The highest BCUT2D eigenvalue weighted by atomic mass is 16.4. The average Bonchev–Trinajstić information content (AvgIpc) is 2.89. The van der Waals surface area contributed by atoms with Crippen LogP contribution in [0.25, 0.3) is 0 Å². The molecule has 150 valence electrons. The lowest BCUT2D eigenvalue weighted by Gasteiger charge is -2.21. The largest absolute Gasteiger partial charge is 0.481 e. The summed E-state index contributed by atoms with van der Waals surface area (Å²) in [7, 11) is 0. The molecule has 1 saturated carbocycles. The zero-order chi connectivity index (χ0) is 19.9. The van der Waals surface area contributed by atoms with E-state index in [1.54, 1.807) is 20.0 Å². The minimum absolute atomic E-state index is 0.521. The highest BCUT2D eigenvalue weighted by Crippen LogP contribution is 2.25. The Morgan fingerprint density at radius 3 is 2.52 bits per heavy atom. The van der Waals surface area contributed by atoms with E-state index < -0.39 is 11.4 Å². The smallest absolute Gasteiger partial charge is 0.309 e. The van der Waals surface area contributed by atoms with Gasteiger partial charge in [-0.2, -0.15) is 0 Å². The second-order valence-electron chi connectivity index (χ2n) is 8.73. The van der Waals surface area contributed by atoms with Gasteiger partial charge in [-0.05, 0) is 62.6 Å². The van der Waals surface area contributed by atoms with Gasteiger partial charge < -0.3 is 16.2 Å². The van der Waals surface area contributed by atoms with Crippen molar-refractivity contribution in [2.45, 2.75) is 72.1 Å². The molecule has 0 atom stereocenters. The molecule has 2 rings (SSSR count). The maximum absolute atomic E-state index is 11.4. The summed E-state index contributed by atoms with van der Waals surface area (Å²) in [6.07, 6.45) is 11.0. The Labute approximate surface area is 164 Å². The van der Waals surface area contributed by atoms with E-state index in [0.717, 1.165) is 30.1 Å². The Kier molecular flexibility index (Phi) is 7.76. The first kappa shape index (κ1) is 21.3. The number of hydrogen-bond donors (Lipinski definition) is 3. The van der Waals surface area contributed by atoms with Crippen LogP contribution < -0.4 is 11.1 Å². The summed E-state index contributed by atoms with van der Waals surface area (Å²) in [6.45, 7) is 6.64. The van der Waals surface area contributed by atoms with E-state index in [9.17, 15) is 9.90 Å². The van der Waals surface area contributed by atoms with Crippen LogP contribution in [0.1, 0.15) is 69.1 Å². The van der Waals surface area contributed by atoms with Crippen LogP contribution in [-0.2, 0) is 17.6 Å². The van der Waals surface area contributed by atoms with Crippen molar-refractivity contribution in [1.29, 1.82) is 0 Å². The van der Waals surface area contributed by atoms with E-state index in [1.807, 2.05) is 6.07 Å². The van der Waals surface area contributed by atoms with Crippen LogP contribution in [0.3, 0.4) is 0 Å². The first-order valence-corrected chi connectivity index (χ1v) is 10.3. The lowest BCUT2D eigenvalue weighted by molar-refractivity contribution is -0.146. The minimum atomic E-state index is -0.767. The molecule has 1 fully saturated rings.